The minimum Gasteiger partial charge on any atom is -0.466 e. The summed E-state index contributed by atoms with van der Waals surface area (Å²) in [6, 6.07) is 5.45. The minimum atomic E-state index is -0.612. The molecule has 1 unspecified atom stereocenters. The molecule has 104 valence electrons. The lowest BCUT2D eigenvalue weighted by Crippen LogP contribution is -2.24. The summed E-state index contributed by atoms with van der Waals surface area (Å²) in [5, 5.41) is 9.29. The number of nitrogens with zero attached hydrogens (tertiary/aromatic N) is 1. The predicted molar refractivity (Wildman–Crippen MR) is 74.7 cm³/mol. The highest BCUT2D eigenvalue weighted by molar-refractivity contribution is 7.16. The third kappa shape index (κ3) is 2.38. The zero-order chi connectivity index (χ0) is 14.9. The number of thiophene rings is 1. The summed E-state index contributed by atoms with van der Waals surface area (Å²) in [6.45, 7) is 1.61. The highest BCUT2D eigenvalue weighted by Crippen LogP contribution is 2.42. The van der Waals surface area contributed by atoms with E-state index in [1.165, 1.54) is 18.4 Å². The van der Waals surface area contributed by atoms with Crippen molar-refractivity contribution in [3.8, 4) is 6.07 Å². The first kappa shape index (κ1) is 14.4. The van der Waals surface area contributed by atoms with Crippen molar-refractivity contribution in [2.45, 2.75) is 12.8 Å². The Hall–Kier alpha value is -1.97. The molecule has 0 amide bonds. The average molecular weight is 311 g/mol. The van der Waals surface area contributed by atoms with Crippen LogP contribution in [0.1, 0.15) is 17.7 Å². The van der Waals surface area contributed by atoms with Gasteiger partial charge in [0.05, 0.1) is 22.9 Å². The lowest BCUT2D eigenvalue weighted by Gasteiger charge is -2.25. The molecule has 7 heteroatoms. The molecule has 1 aromatic rings. The van der Waals surface area contributed by atoms with Gasteiger partial charge in [0.1, 0.15) is 17.4 Å². The quantitative estimate of drug-likeness (QED) is 0.849. The minimum absolute atomic E-state index is 0.00724. The van der Waals surface area contributed by atoms with E-state index in [2.05, 4.69) is 0 Å². The molecule has 1 aliphatic heterocycles. The van der Waals surface area contributed by atoms with E-state index in [1.54, 1.807) is 19.1 Å². The van der Waals surface area contributed by atoms with Gasteiger partial charge in [-0.1, -0.05) is 11.6 Å². The van der Waals surface area contributed by atoms with E-state index in [-0.39, 0.29) is 17.0 Å². The second-order valence-corrected chi connectivity index (χ2v) is 5.77. The Morgan fingerprint density at radius 3 is 2.80 bits per heavy atom. The van der Waals surface area contributed by atoms with Gasteiger partial charge in [-0.15, -0.1) is 11.3 Å². The fraction of sp³-hybridized carbons (Fsp3) is 0.231. The lowest BCUT2D eigenvalue weighted by molar-refractivity contribution is -0.136. The number of nitrogens with two attached hydrogens (primary N) is 1. The van der Waals surface area contributed by atoms with Crippen LogP contribution in [0.3, 0.4) is 0 Å². The summed E-state index contributed by atoms with van der Waals surface area (Å²) in [6.07, 6.45) is 0. The number of nitriles is 1. The zero-order valence-electron chi connectivity index (χ0n) is 10.8. The maximum Gasteiger partial charge on any atom is 0.338 e. The van der Waals surface area contributed by atoms with Gasteiger partial charge in [-0.2, -0.15) is 5.26 Å². The number of carbonyl (C=O) groups is 1. The van der Waals surface area contributed by atoms with Crippen molar-refractivity contribution in [2.24, 2.45) is 5.73 Å². The number of esters is 1. The maximum absolute atomic E-state index is 12.0. The summed E-state index contributed by atoms with van der Waals surface area (Å²) in [5.74, 6) is -0.856. The van der Waals surface area contributed by atoms with E-state index in [4.69, 9.17) is 26.8 Å². The lowest BCUT2D eigenvalue weighted by atomic mass is 9.88. The van der Waals surface area contributed by atoms with Gasteiger partial charge in [0.15, 0.2) is 0 Å². The van der Waals surface area contributed by atoms with Gasteiger partial charge in [0.2, 0.25) is 5.88 Å². The standard InChI is InChI=1S/C13H11ClN2O3S/c1-6-10(13(17)18-2)11(7(5-15)12(16)19-6)8-3-4-9(14)20-8/h3-4,11H,16H2,1-2H3. The summed E-state index contributed by atoms with van der Waals surface area (Å²) < 4.78 is 10.6. The van der Waals surface area contributed by atoms with E-state index < -0.39 is 11.9 Å². The fourth-order valence-corrected chi connectivity index (χ4v) is 3.21. The topological polar surface area (TPSA) is 85.3 Å². The molecule has 1 aromatic heterocycles. The Bertz CT molecular complexity index is 669. The van der Waals surface area contributed by atoms with E-state index in [0.717, 1.165) is 4.88 Å². The Labute approximate surface area is 124 Å². The highest BCUT2D eigenvalue weighted by atomic mass is 35.5. The molecule has 0 aliphatic carbocycles. The average Bonchev–Trinajstić information content (AvgIpc) is 2.83. The molecule has 5 nitrogen and oxygen atoms in total. The Kier molecular flexibility index (Phi) is 4.02. The van der Waals surface area contributed by atoms with Crippen molar-refractivity contribution in [1.29, 1.82) is 5.26 Å². The monoisotopic (exact) mass is 310 g/mol. The Morgan fingerprint density at radius 1 is 1.60 bits per heavy atom. The molecular formula is C13H11ClN2O3S. The van der Waals surface area contributed by atoms with Crippen LogP contribution >= 0.6 is 22.9 Å². The molecule has 2 heterocycles. The van der Waals surface area contributed by atoms with Crippen molar-refractivity contribution in [2.75, 3.05) is 7.11 Å². The molecular weight excluding hydrogens is 300 g/mol. The number of allylic oxidation sites excluding steroid dienone is 2. The van der Waals surface area contributed by atoms with Crippen molar-refractivity contribution < 1.29 is 14.3 Å². The Morgan fingerprint density at radius 2 is 2.30 bits per heavy atom. The number of carbonyl (C=O) groups excluding carboxylic acids is 1. The van der Waals surface area contributed by atoms with E-state index >= 15 is 0 Å². The van der Waals surface area contributed by atoms with Crippen LogP contribution in [0.2, 0.25) is 4.34 Å². The number of methoxy groups -OCH3 is 1. The van der Waals surface area contributed by atoms with Gasteiger partial charge in [-0.25, -0.2) is 4.79 Å². The van der Waals surface area contributed by atoms with Crippen LogP contribution in [0.25, 0.3) is 0 Å². The summed E-state index contributed by atoms with van der Waals surface area (Å²) in [4.78, 5) is 12.7. The van der Waals surface area contributed by atoms with Crippen LogP contribution in [0.5, 0.6) is 0 Å². The molecule has 1 aliphatic rings. The zero-order valence-corrected chi connectivity index (χ0v) is 12.3. The fourth-order valence-electron chi connectivity index (χ4n) is 2.02. The van der Waals surface area contributed by atoms with Gasteiger partial charge < -0.3 is 15.2 Å². The molecule has 0 aromatic carbocycles. The molecule has 1 atom stereocenters. The molecule has 0 radical (unpaired) electrons. The molecule has 2 rings (SSSR count). The molecule has 0 spiro atoms. The Balaban J connectivity index is 2.62. The van der Waals surface area contributed by atoms with Crippen molar-refractivity contribution in [3.63, 3.8) is 0 Å². The van der Waals surface area contributed by atoms with Gasteiger partial charge in [0.25, 0.3) is 0 Å². The number of halogens is 1. The van der Waals surface area contributed by atoms with Gasteiger partial charge >= 0.3 is 5.97 Å². The van der Waals surface area contributed by atoms with Crippen molar-refractivity contribution >= 4 is 28.9 Å². The molecule has 0 bridgehead atoms. The number of rotatable bonds is 2. The van der Waals surface area contributed by atoms with Crippen LogP contribution in [0.15, 0.2) is 34.9 Å². The second kappa shape index (κ2) is 5.57. The van der Waals surface area contributed by atoms with Crippen LogP contribution in [0.4, 0.5) is 0 Å². The molecule has 2 N–H and O–H groups in total. The van der Waals surface area contributed by atoms with Crippen LogP contribution in [-0.2, 0) is 14.3 Å². The van der Waals surface area contributed by atoms with E-state index in [1.807, 2.05) is 6.07 Å². The first-order valence-electron chi connectivity index (χ1n) is 5.61. The maximum atomic E-state index is 12.0. The van der Waals surface area contributed by atoms with Crippen LogP contribution in [0, 0.1) is 11.3 Å². The number of ether oxygens (including phenoxy) is 2. The van der Waals surface area contributed by atoms with Crippen LogP contribution < -0.4 is 5.73 Å². The number of hydrogen-bond donors (Lipinski definition) is 1. The second-order valence-electron chi connectivity index (χ2n) is 4.03. The van der Waals surface area contributed by atoms with Gasteiger partial charge in [-0.3, -0.25) is 0 Å². The van der Waals surface area contributed by atoms with Gasteiger partial charge in [0, 0.05) is 4.88 Å². The van der Waals surface area contributed by atoms with Gasteiger partial charge in [-0.05, 0) is 19.1 Å². The first-order chi connectivity index (χ1) is 9.49. The third-order valence-electron chi connectivity index (χ3n) is 2.89. The summed E-state index contributed by atoms with van der Waals surface area (Å²) in [7, 11) is 1.27. The van der Waals surface area contributed by atoms with Crippen molar-refractivity contribution in [1.82, 2.24) is 0 Å². The van der Waals surface area contributed by atoms with E-state index in [9.17, 15) is 10.1 Å². The molecule has 20 heavy (non-hydrogen) atoms. The third-order valence-corrected chi connectivity index (χ3v) is 4.19. The van der Waals surface area contributed by atoms with Crippen LogP contribution in [-0.4, -0.2) is 13.1 Å². The summed E-state index contributed by atoms with van der Waals surface area (Å²) in [5.41, 5.74) is 6.17. The SMILES string of the molecule is COC(=O)C1=C(C)OC(N)=C(C#N)C1c1ccc(Cl)s1. The summed E-state index contributed by atoms with van der Waals surface area (Å²) >= 11 is 7.21. The molecule has 0 fully saturated rings. The molecule has 0 saturated carbocycles. The smallest absolute Gasteiger partial charge is 0.338 e. The highest BCUT2D eigenvalue weighted by Gasteiger charge is 2.36. The van der Waals surface area contributed by atoms with E-state index in [0.29, 0.717) is 10.1 Å². The predicted octanol–water partition coefficient (Wildman–Crippen LogP) is 2.66. The largest absolute Gasteiger partial charge is 0.466 e. The van der Waals surface area contributed by atoms with Crippen molar-refractivity contribution in [3.05, 3.63) is 44.1 Å². The number of hydrogen-bond acceptors (Lipinski definition) is 6. The first-order valence-corrected chi connectivity index (χ1v) is 6.81. The molecule has 0 saturated heterocycles. The normalized spacial score (nSPS) is 18.6.